The van der Waals surface area contributed by atoms with E-state index in [0.717, 1.165) is 0 Å². The molecule has 1 heterocycles. The number of carbonyl (C=O) groups is 2. The van der Waals surface area contributed by atoms with Gasteiger partial charge in [-0.2, -0.15) is 0 Å². The van der Waals surface area contributed by atoms with Crippen molar-refractivity contribution in [3.05, 3.63) is 53.7 Å². The zero-order valence-electron chi connectivity index (χ0n) is 13.9. The van der Waals surface area contributed by atoms with Crippen molar-refractivity contribution in [1.29, 1.82) is 0 Å². The van der Waals surface area contributed by atoms with Gasteiger partial charge in [0.25, 0.3) is 0 Å². The van der Waals surface area contributed by atoms with Crippen molar-refractivity contribution in [2.45, 2.75) is 13.8 Å². The number of nitrogens with zero attached hydrogens (tertiary/aromatic N) is 2. The number of ether oxygens (including phenoxy) is 1. The maximum atomic E-state index is 12.4. The lowest BCUT2D eigenvalue weighted by Gasteiger charge is -2.12. The van der Waals surface area contributed by atoms with E-state index in [9.17, 15) is 9.59 Å². The third-order valence-corrected chi connectivity index (χ3v) is 3.75. The molecule has 6 nitrogen and oxygen atoms in total. The lowest BCUT2D eigenvalue weighted by atomic mass is 10.0. The van der Waals surface area contributed by atoms with Crippen molar-refractivity contribution in [3.8, 4) is 11.3 Å². The van der Waals surface area contributed by atoms with Crippen LogP contribution in [0.4, 0.5) is 5.69 Å². The minimum absolute atomic E-state index is 0.0768. The molecule has 0 unspecified atom stereocenters. The first-order valence-electron chi connectivity index (χ1n) is 7.86. The molecule has 0 bridgehead atoms. The molecule has 0 aliphatic heterocycles. The first-order chi connectivity index (χ1) is 12.0. The number of para-hydroxylation sites is 2. The molecule has 2 aromatic carbocycles. The van der Waals surface area contributed by atoms with Crippen LogP contribution in [0, 0.1) is 0 Å². The fourth-order valence-corrected chi connectivity index (χ4v) is 2.51. The fraction of sp³-hybridized carbons (Fsp3) is 0.158. The van der Waals surface area contributed by atoms with Gasteiger partial charge >= 0.3 is 5.97 Å². The molecule has 0 saturated heterocycles. The fourth-order valence-electron chi connectivity index (χ4n) is 2.51. The molecular weight excluding hydrogens is 318 g/mol. The van der Waals surface area contributed by atoms with E-state index in [1.165, 1.54) is 6.92 Å². The van der Waals surface area contributed by atoms with Gasteiger partial charge in [-0.15, -0.1) is 0 Å². The lowest BCUT2D eigenvalue weighted by molar-refractivity contribution is 0.0520. The molecule has 3 aromatic rings. The quantitative estimate of drug-likeness (QED) is 0.447. The predicted molar refractivity (Wildman–Crippen MR) is 95.3 cm³/mol. The smallest absolute Gasteiger partial charge is 0.359 e. The van der Waals surface area contributed by atoms with Crippen LogP contribution in [0.15, 0.2) is 42.5 Å². The van der Waals surface area contributed by atoms with Crippen LogP contribution in [0.1, 0.15) is 34.7 Å². The van der Waals surface area contributed by atoms with E-state index in [2.05, 4.69) is 9.97 Å². The number of hydrogen-bond donors (Lipinski definition) is 1. The highest BCUT2D eigenvalue weighted by Gasteiger charge is 2.21. The first kappa shape index (κ1) is 16.6. The van der Waals surface area contributed by atoms with Crippen molar-refractivity contribution in [1.82, 2.24) is 9.97 Å². The van der Waals surface area contributed by atoms with Crippen molar-refractivity contribution >= 4 is 28.5 Å². The molecule has 1 aromatic heterocycles. The molecule has 0 fully saturated rings. The van der Waals surface area contributed by atoms with Crippen molar-refractivity contribution in [2.24, 2.45) is 0 Å². The molecule has 0 aliphatic rings. The molecule has 0 amide bonds. The molecule has 0 spiro atoms. The minimum Gasteiger partial charge on any atom is -0.461 e. The van der Waals surface area contributed by atoms with Gasteiger partial charge in [0, 0.05) is 16.8 Å². The van der Waals surface area contributed by atoms with Crippen LogP contribution >= 0.6 is 0 Å². The van der Waals surface area contributed by atoms with Gasteiger partial charge in [-0.25, -0.2) is 14.8 Å². The highest BCUT2D eigenvalue weighted by molar-refractivity contribution is 6.01. The maximum absolute atomic E-state index is 12.4. The van der Waals surface area contributed by atoms with Crippen LogP contribution in [-0.2, 0) is 4.74 Å². The van der Waals surface area contributed by atoms with E-state index in [1.54, 1.807) is 37.3 Å². The molecule has 3 rings (SSSR count). The Morgan fingerprint density at radius 1 is 1.08 bits per heavy atom. The van der Waals surface area contributed by atoms with Crippen LogP contribution in [-0.4, -0.2) is 28.3 Å². The summed E-state index contributed by atoms with van der Waals surface area (Å²) in [5.41, 5.74) is 9.02. The van der Waals surface area contributed by atoms with Gasteiger partial charge in [-0.3, -0.25) is 4.79 Å². The largest absolute Gasteiger partial charge is 0.461 e. The normalized spacial score (nSPS) is 10.6. The number of fused-ring (bicyclic) bond motifs is 1. The predicted octanol–water partition coefficient (Wildman–Crippen LogP) is 3.26. The minimum atomic E-state index is -0.580. The Morgan fingerprint density at radius 2 is 1.76 bits per heavy atom. The molecule has 25 heavy (non-hydrogen) atoms. The van der Waals surface area contributed by atoms with Crippen molar-refractivity contribution < 1.29 is 14.3 Å². The summed E-state index contributed by atoms with van der Waals surface area (Å²) in [5, 5.41) is 0. The van der Waals surface area contributed by atoms with E-state index in [1.807, 2.05) is 12.1 Å². The van der Waals surface area contributed by atoms with E-state index >= 15 is 0 Å². The van der Waals surface area contributed by atoms with E-state index < -0.39 is 5.97 Å². The topological polar surface area (TPSA) is 95.2 Å². The van der Waals surface area contributed by atoms with Crippen LogP contribution < -0.4 is 5.73 Å². The number of hydrogen-bond acceptors (Lipinski definition) is 6. The number of aromatic nitrogens is 2. The molecule has 0 radical (unpaired) electrons. The number of rotatable bonds is 4. The molecule has 2 N–H and O–H groups in total. The van der Waals surface area contributed by atoms with Gasteiger partial charge in [0.05, 0.1) is 17.6 Å². The Bertz CT molecular complexity index is 983. The summed E-state index contributed by atoms with van der Waals surface area (Å²) in [6.45, 7) is 3.40. The number of carbonyl (C=O) groups excluding carboxylic acids is 2. The van der Waals surface area contributed by atoms with Gasteiger partial charge in [0.1, 0.15) is 5.69 Å². The van der Waals surface area contributed by atoms with Crippen LogP contribution in [0.5, 0.6) is 0 Å². The third kappa shape index (κ3) is 3.19. The highest BCUT2D eigenvalue weighted by atomic mass is 16.5. The highest BCUT2D eigenvalue weighted by Crippen LogP contribution is 2.30. The maximum Gasteiger partial charge on any atom is 0.359 e. The number of esters is 1. The van der Waals surface area contributed by atoms with Gasteiger partial charge < -0.3 is 10.5 Å². The Hall–Kier alpha value is -3.28. The summed E-state index contributed by atoms with van der Waals surface area (Å²) < 4.78 is 5.11. The van der Waals surface area contributed by atoms with Gasteiger partial charge in [0.2, 0.25) is 0 Å². The van der Waals surface area contributed by atoms with Crippen LogP contribution in [0.3, 0.4) is 0 Å². The average Bonchev–Trinajstić information content (AvgIpc) is 2.61. The van der Waals surface area contributed by atoms with E-state index in [4.69, 9.17) is 10.5 Å². The second-order valence-corrected chi connectivity index (χ2v) is 5.49. The summed E-state index contributed by atoms with van der Waals surface area (Å²) in [5.74, 6) is -0.684. The standard InChI is InChI=1S/C19H17N3O3/c1-3-25-19(24)18-17(21-15-6-4-5-7-16(15)22-18)13-10-12(11(2)23)8-9-14(13)20/h4-10H,3,20H2,1-2H3. The number of benzene rings is 2. The Labute approximate surface area is 144 Å². The first-order valence-corrected chi connectivity index (χ1v) is 7.86. The Balaban J connectivity index is 2.30. The van der Waals surface area contributed by atoms with Gasteiger partial charge in [0.15, 0.2) is 11.5 Å². The zero-order chi connectivity index (χ0) is 18.0. The number of anilines is 1. The van der Waals surface area contributed by atoms with Crippen LogP contribution in [0.25, 0.3) is 22.3 Å². The van der Waals surface area contributed by atoms with Gasteiger partial charge in [-0.05, 0) is 44.2 Å². The average molecular weight is 335 g/mol. The summed E-state index contributed by atoms with van der Waals surface area (Å²) in [7, 11) is 0. The molecular formula is C19H17N3O3. The summed E-state index contributed by atoms with van der Waals surface area (Å²) in [6, 6.07) is 12.1. The summed E-state index contributed by atoms with van der Waals surface area (Å²) >= 11 is 0. The van der Waals surface area contributed by atoms with Gasteiger partial charge in [-0.1, -0.05) is 12.1 Å². The number of Topliss-reactive ketones (excluding diaryl/α,β-unsaturated/α-hetero) is 1. The number of ketones is 1. The summed E-state index contributed by atoms with van der Waals surface area (Å²) in [4.78, 5) is 33.0. The summed E-state index contributed by atoms with van der Waals surface area (Å²) in [6.07, 6.45) is 0. The molecule has 6 heteroatoms. The number of nitrogen functional groups attached to an aromatic ring is 1. The molecule has 0 atom stereocenters. The van der Waals surface area contributed by atoms with E-state index in [-0.39, 0.29) is 18.1 Å². The zero-order valence-corrected chi connectivity index (χ0v) is 13.9. The van der Waals surface area contributed by atoms with Crippen molar-refractivity contribution in [3.63, 3.8) is 0 Å². The van der Waals surface area contributed by atoms with Crippen molar-refractivity contribution in [2.75, 3.05) is 12.3 Å². The monoisotopic (exact) mass is 335 g/mol. The second kappa shape index (κ2) is 6.68. The molecule has 126 valence electrons. The SMILES string of the molecule is CCOC(=O)c1nc2ccccc2nc1-c1cc(C(C)=O)ccc1N. The second-order valence-electron chi connectivity index (χ2n) is 5.49. The van der Waals surface area contributed by atoms with E-state index in [0.29, 0.717) is 33.5 Å². The van der Waals surface area contributed by atoms with Crippen LogP contribution in [0.2, 0.25) is 0 Å². The Kier molecular flexibility index (Phi) is 4.43. The number of nitrogens with two attached hydrogens (primary N) is 1. The molecule has 0 saturated carbocycles. The molecule has 0 aliphatic carbocycles. The Morgan fingerprint density at radius 3 is 2.40 bits per heavy atom. The lowest BCUT2D eigenvalue weighted by Crippen LogP contribution is -2.11. The third-order valence-electron chi connectivity index (χ3n) is 3.75.